The summed E-state index contributed by atoms with van der Waals surface area (Å²) in [5, 5.41) is 2.55. The maximum absolute atomic E-state index is 13.5. The molecule has 1 amide bonds. The van der Waals surface area contributed by atoms with Gasteiger partial charge in [-0.1, -0.05) is 12.1 Å². The molecule has 0 saturated heterocycles. The van der Waals surface area contributed by atoms with Gasteiger partial charge in [0.15, 0.2) is 0 Å². The van der Waals surface area contributed by atoms with Crippen molar-refractivity contribution < 1.29 is 23.1 Å². The number of nitrogens with one attached hydrogen (secondary N) is 1. The number of amides is 1. The van der Waals surface area contributed by atoms with E-state index >= 15 is 0 Å². The Morgan fingerprint density at radius 3 is 2.65 bits per heavy atom. The van der Waals surface area contributed by atoms with Crippen LogP contribution in [-0.2, 0) is 9.53 Å². The van der Waals surface area contributed by atoms with E-state index in [0.717, 1.165) is 30.0 Å². The van der Waals surface area contributed by atoms with E-state index in [0.29, 0.717) is 5.69 Å². The lowest BCUT2D eigenvalue weighted by Crippen LogP contribution is -2.17. The number of halogens is 2. The summed E-state index contributed by atoms with van der Waals surface area (Å²) < 4.78 is 31.2. The minimum absolute atomic E-state index is 0.0430. The number of esters is 1. The van der Waals surface area contributed by atoms with Gasteiger partial charge in [-0.3, -0.25) is 4.79 Å². The van der Waals surface area contributed by atoms with E-state index < -0.39 is 23.5 Å². The zero-order valence-electron chi connectivity index (χ0n) is 12.1. The molecule has 2 aromatic carbocycles. The lowest BCUT2D eigenvalue weighted by atomic mass is 10.2. The van der Waals surface area contributed by atoms with Crippen molar-refractivity contribution in [2.75, 3.05) is 18.2 Å². The van der Waals surface area contributed by atoms with Gasteiger partial charge in [0, 0.05) is 4.90 Å². The summed E-state index contributed by atoms with van der Waals surface area (Å²) in [5.41, 5.74) is 0.509. The van der Waals surface area contributed by atoms with Crippen LogP contribution in [0.25, 0.3) is 0 Å². The Labute approximate surface area is 135 Å². The second kappa shape index (κ2) is 7.73. The molecule has 2 rings (SSSR count). The topological polar surface area (TPSA) is 55.4 Å². The third-order valence-electron chi connectivity index (χ3n) is 2.86. The lowest BCUT2D eigenvalue weighted by Gasteiger charge is -2.09. The van der Waals surface area contributed by atoms with Gasteiger partial charge in [-0.15, -0.1) is 11.8 Å². The van der Waals surface area contributed by atoms with Crippen molar-refractivity contribution in [2.24, 2.45) is 0 Å². The molecule has 0 saturated carbocycles. The highest BCUT2D eigenvalue weighted by atomic mass is 32.2. The predicted molar refractivity (Wildman–Crippen MR) is 83.5 cm³/mol. The number of benzene rings is 2. The van der Waals surface area contributed by atoms with Crippen molar-refractivity contribution in [1.82, 2.24) is 0 Å². The van der Waals surface area contributed by atoms with Gasteiger partial charge < -0.3 is 10.1 Å². The van der Waals surface area contributed by atoms with Gasteiger partial charge in [0.2, 0.25) is 5.91 Å². The third-order valence-corrected chi connectivity index (χ3v) is 3.89. The van der Waals surface area contributed by atoms with Crippen molar-refractivity contribution in [1.29, 1.82) is 0 Å². The number of thioether (sulfide) groups is 1. The fourth-order valence-corrected chi connectivity index (χ4v) is 2.56. The first kappa shape index (κ1) is 17.0. The molecule has 0 heterocycles. The Hall–Kier alpha value is -2.41. The molecule has 0 fully saturated rings. The van der Waals surface area contributed by atoms with Crippen LogP contribution in [-0.4, -0.2) is 24.7 Å². The SMILES string of the molecule is COC(=O)c1ccccc1NC(=O)CSc1cc(F)ccc1F. The molecule has 0 aliphatic carbocycles. The minimum atomic E-state index is -0.598. The van der Waals surface area contributed by atoms with Crippen LogP contribution in [0, 0.1) is 11.6 Å². The van der Waals surface area contributed by atoms with Crippen LogP contribution < -0.4 is 5.32 Å². The molecule has 4 nitrogen and oxygen atoms in total. The average Bonchev–Trinajstić information content (AvgIpc) is 2.55. The summed E-state index contributed by atoms with van der Waals surface area (Å²) in [5.74, 6) is -2.33. The first-order chi connectivity index (χ1) is 11.0. The van der Waals surface area contributed by atoms with E-state index in [-0.39, 0.29) is 16.2 Å². The lowest BCUT2D eigenvalue weighted by molar-refractivity contribution is -0.113. The number of ether oxygens (including phenoxy) is 1. The summed E-state index contributed by atoms with van der Waals surface area (Å²) in [6, 6.07) is 9.39. The molecule has 2 aromatic rings. The fraction of sp³-hybridized carbons (Fsp3) is 0.125. The van der Waals surface area contributed by atoms with Crippen LogP contribution in [0.5, 0.6) is 0 Å². The smallest absolute Gasteiger partial charge is 0.339 e. The number of anilines is 1. The van der Waals surface area contributed by atoms with E-state index in [1.54, 1.807) is 18.2 Å². The van der Waals surface area contributed by atoms with Gasteiger partial charge in [0.05, 0.1) is 24.1 Å². The van der Waals surface area contributed by atoms with Crippen molar-refractivity contribution in [3.8, 4) is 0 Å². The number of hydrogen-bond donors (Lipinski definition) is 1. The number of carbonyl (C=O) groups is 2. The van der Waals surface area contributed by atoms with Crippen LogP contribution >= 0.6 is 11.8 Å². The monoisotopic (exact) mass is 337 g/mol. The molecule has 0 radical (unpaired) electrons. The first-order valence-corrected chi connectivity index (χ1v) is 7.55. The predicted octanol–water partition coefficient (Wildman–Crippen LogP) is 3.48. The molecule has 23 heavy (non-hydrogen) atoms. The maximum atomic E-state index is 13.5. The van der Waals surface area contributed by atoms with Crippen molar-refractivity contribution in [2.45, 2.75) is 4.90 Å². The van der Waals surface area contributed by atoms with Gasteiger partial charge in [-0.05, 0) is 30.3 Å². The Balaban J connectivity index is 2.03. The Kier molecular flexibility index (Phi) is 5.70. The Morgan fingerprint density at radius 1 is 1.17 bits per heavy atom. The quantitative estimate of drug-likeness (QED) is 0.670. The van der Waals surface area contributed by atoms with E-state index in [1.807, 2.05) is 0 Å². The summed E-state index contributed by atoms with van der Waals surface area (Å²) in [7, 11) is 1.24. The average molecular weight is 337 g/mol. The third kappa shape index (κ3) is 4.53. The summed E-state index contributed by atoms with van der Waals surface area (Å²) in [4.78, 5) is 23.6. The molecular weight excluding hydrogens is 324 g/mol. The van der Waals surface area contributed by atoms with Gasteiger partial charge in [0.1, 0.15) is 11.6 Å². The fourth-order valence-electron chi connectivity index (χ4n) is 1.80. The number of para-hydroxylation sites is 1. The molecule has 0 bridgehead atoms. The highest BCUT2D eigenvalue weighted by molar-refractivity contribution is 8.00. The van der Waals surface area contributed by atoms with Gasteiger partial charge in [0.25, 0.3) is 0 Å². The van der Waals surface area contributed by atoms with Crippen molar-refractivity contribution in [3.63, 3.8) is 0 Å². The number of methoxy groups -OCH3 is 1. The second-order valence-corrected chi connectivity index (χ2v) is 5.47. The maximum Gasteiger partial charge on any atom is 0.339 e. The minimum Gasteiger partial charge on any atom is -0.465 e. The van der Waals surface area contributed by atoms with Crippen LogP contribution in [0.2, 0.25) is 0 Å². The van der Waals surface area contributed by atoms with Crippen LogP contribution in [0.3, 0.4) is 0 Å². The molecule has 120 valence electrons. The van der Waals surface area contributed by atoms with E-state index in [2.05, 4.69) is 10.1 Å². The Morgan fingerprint density at radius 2 is 1.91 bits per heavy atom. The van der Waals surface area contributed by atoms with Gasteiger partial charge in [-0.25, -0.2) is 13.6 Å². The van der Waals surface area contributed by atoms with E-state index in [4.69, 9.17) is 0 Å². The zero-order valence-corrected chi connectivity index (χ0v) is 13.0. The normalized spacial score (nSPS) is 10.2. The molecule has 0 unspecified atom stereocenters. The molecule has 0 aromatic heterocycles. The van der Waals surface area contributed by atoms with Crippen LogP contribution in [0.1, 0.15) is 10.4 Å². The van der Waals surface area contributed by atoms with Crippen LogP contribution in [0.15, 0.2) is 47.4 Å². The molecule has 0 aliphatic rings. The number of carbonyl (C=O) groups excluding carboxylic acids is 2. The highest BCUT2D eigenvalue weighted by Crippen LogP contribution is 2.23. The Bertz CT molecular complexity index is 737. The number of hydrogen-bond acceptors (Lipinski definition) is 4. The summed E-state index contributed by atoms with van der Waals surface area (Å²) in [6.45, 7) is 0. The molecule has 7 heteroatoms. The largest absolute Gasteiger partial charge is 0.465 e. The standard InChI is InChI=1S/C16H13F2NO3S/c1-22-16(21)11-4-2-3-5-13(11)19-15(20)9-23-14-8-10(17)6-7-12(14)18/h2-8H,9H2,1H3,(H,19,20). The van der Waals surface area contributed by atoms with Gasteiger partial charge >= 0.3 is 5.97 Å². The first-order valence-electron chi connectivity index (χ1n) is 6.56. The summed E-state index contributed by atoms with van der Waals surface area (Å²) >= 11 is 0.865. The van der Waals surface area contributed by atoms with E-state index in [1.165, 1.54) is 13.2 Å². The second-order valence-electron chi connectivity index (χ2n) is 4.45. The van der Waals surface area contributed by atoms with Gasteiger partial charge in [-0.2, -0.15) is 0 Å². The van der Waals surface area contributed by atoms with Crippen LogP contribution in [0.4, 0.5) is 14.5 Å². The van der Waals surface area contributed by atoms with E-state index in [9.17, 15) is 18.4 Å². The molecule has 0 aliphatic heterocycles. The zero-order chi connectivity index (χ0) is 16.8. The van der Waals surface area contributed by atoms with Crippen molar-refractivity contribution >= 4 is 29.3 Å². The number of rotatable bonds is 5. The molecular formula is C16H13F2NO3S. The summed E-state index contributed by atoms with van der Waals surface area (Å²) in [6.07, 6.45) is 0. The van der Waals surface area contributed by atoms with Crippen molar-refractivity contribution in [3.05, 3.63) is 59.7 Å². The molecule has 0 spiro atoms. The molecule has 1 N–H and O–H groups in total. The molecule has 0 atom stereocenters. The highest BCUT2D eigenvalue weighted by Gasteiger charge is 2.14.